The third-order valence-corrected chi connectivity index (χ3v) is 2.81. The van der Waals surface area contributed by atoms with Crippen LogP contribution in [-0.2, 0) is 11.2 Å². The zero-order valence-corrected chi connectivity index (χ0v) is 11.2. The quantitative estimate of drug-likeness (QED) is 0.755. The number of nitrogens with one attached hydrogen (secondary N) is 1. The Labute approximate surface area is 109 Å². The minimum atomic E-state index is -1.27. The van der Waals surface area contributed by atoms with E-state index in [0.29, 0.717) is 0 Å². The van der Waals surface area contributed by atoms with Gasteiger partial charge < -0.3 is 15.5 Å². The molecular formula is C12H16BrNO3. The lowest BCUT2D eigenvalue weighted by atomic mass is 10.1. The molecule has 1 aromatic carbocycles. The van der Waals surface area contributed by atoms with Gasteiger partial charge in [-0.1, -0.05) is 28.1 Å². The summed E-state index contributed by atoms with van der Waals surface area (Å²) in [5.74, 6) is -0.180. The first-order chi connectivity index (χ1) is 7.93. The van der Waals surface area contributed by atoms with Crippen molar-refractivity contribution in [3.63, 3.8) is 0 Å². The summed E-state index contributed by atoms with van der Waals surface area (Å²) >= 11 is 3.32. The van der Waals surface area contributed by atoms with Gasteiger partial charge in [0.05, 0.1) is 13.0 Å². The lowest BCUT2D eigenvalue weighted by Crippen LogP contribution is -2.43. The molecule has 1 aromatic rings. The van der Waals surface area contributed by atoms with Crippen molar-refractivity contribution in [1.82, 2.24) is 5.32 Å². The van der Waals surface area contributed by atoms with Gasteiger partial charge in [-0.05, 0) is 24.6 Å². The molecular weight excluding hydrogens is 286 g/mol. The van der Waals surface area contributed by atoms with Crippen LogP contribution in [0.5, 0.6) is 0 Å². The van der Waals surface area contributed by atoms with E-state index in [-0.39, 0.29) is 25.5 Å². The fraction of sp³-hybridized carbons (Fsp3) is 0.417. The van der Waals surface area contributed by atoms with Crippen molar-refractivity contribution in [3.8, 4) is 0 Å². The number of benzene rings is 1. The second-order valence-corrected chi connectivity index (χ2v) is 5.15. The first-order valence-corrected chi connectivity index (χ1v) is 6.07. The average Bonchev–Trinajstić information content (AvgIpc) is 2.30. The van der Waals surface area contributed by atoms with E-state index in [1.165, 1.54) is 6.92 Å². The molecule has 0 saturated carbocycles. The van der Waals surface area contributed by atoms with Crippen LogP contribution in [0.1, 0.15) is 12.5 Å². The molecule has 0 heterocycles. The molecule has 3 N–H and O–H groups in total. The molecule has 17 heavy (non-hydrogen) atoms. The Balaban J connectivity index is 2.42. The van der Waals surface area contributed by atoms with Gasteiger partial charge in [-0.3, -0.25) is 4.79 Å². The highest BCUT2D eigenvalue weighted by Crippen LogP contribution is 2.10. The molecule has 1 unspecified atom stereocenters. The topological polar surface area (TPSA) is 69.6 Å². The first kappa shape index (κ1) is 14.2. The molecule has 1 amide bonds. The highest BCUT2D eigenvalue weighted by atomic mass is 79.9. The number of carbonyl (C=O) groups excluding carboxylic acids is 1. The second-order valence-electron chi connectivity index (χ2n) is 4.24. The molecule has 4 nitrogen and oxygen atoms in total. The summed E-state index contributed by atoms with van der Waals surface area (Å²) in [6.45, 7) is 1.12. The summed E-state index contributed by atoms with van der Waals surface area (Å²) in [6.07, 6.45) is 0.259. The Morgan fingerprint density at radius 3 is 2.53 bits per heavy atom. The number of halogens is 1. The van der Waals surface area contributed by atoms with E-state index >= 15 is 0 Å². The number of carbonyl (C=O) groups is 1. The van der Waals surface area contributed by atoms with Crippen LogP contribution < -0.4 is 5.32 Å². The maximum atomic E-state index is 11.5. The van der Waals surface area contributed by atoms with Crippen LogP contribution in [-0.4, -0.2) is 34.9 Å². The molecule has 0 fully saturated rings. The highest BCUT2D eigenvalue weighted by Gasteiger charge is 2.19. The molecule has 0 spiro atoms. The Morgan fingerprint density at radius 1 is 1.41 bits per heavy atom. The molecule has 0 aliphatic carbocycles. The summed E-state index contributed by atoms with van der Waals surface area (Å²) in [4.78, 5) is 11.5. The zero-order chi connectivity index (χ0) is 12.9. The number of amides is 1. The van der Waals surface area contributed by atoms with Gasteiger partial charge in [0.1, 0.15) is 5.60 Å². The number of hydrogen-bond acceptors (Lipinski definition) is 3. The van der Waals surface area contributed by atoms with Gasteiger partial charge in [0.2, 0.25) is 5.91 Å². The average molecular weight is 302 g/mol. The number of aliphatic hydroxyl groups excluding tert-OH is 1. The second kappa shape index (κ2) is 6.14. The molecule has 94 valence electrons. The fourth-order valence-corrected chi connectivity index (χ4v) is 1.46. The lowest BCUT2D eigenvalue weighted by Gasteiger charge is -2.20. The van der Waals surface area contributed by atoms with Gasteiger partial charge in [0, 0.05) is 11.0 Å². The Morgan fingerprint density at radius 2 is 2.00 bits per heavy atom. The van der Waals surface area contributed by atoms with Crippen LogP contribution in [0.4, 0.5) is 0 Å². The number of aliphatic hydroxyl groups is 2. The minimum Gasteiger partial charge on any atom is -0.393 e. The Hall–Kier alpha value is -0.910. The summed E-state index contributed by atoms with van der Waals surface area (Å²) < 4.78 is 0.963. The molecule has 0 aliphatic heterocycles. The molecule has 0 saturated heterocycles. The highest BCUT2D eigenvalue weighted by molar-refractivity contribution is 9.10. The van der Waals surface area contributed by atoms with Crippen molar-refractivity contribution in [2.24, 2.45) is 0 Å². The smallest absolute Gasteiger partial charge is 0.224 e. The Kier molecular flexibility index (Phi) is 5.11. The molecule has 1 atom stereocenters. The van der Waals surface area contributed by atoms with Crippen LogP contribution in [0.15, 0.2) is 28.7 Å². The maximum Gasteiger partial charge on any atom is 0.224 e. The SMILES string of the molecule is CC(O)(CO)CNC(=O)Cc1ccc(Br)cc1. The predicted octanol–water partition coefficient (Wildman–Crippen LogP) is 0.851. The maximum absolute atomic E-state index is 11.5. The van der Waals surface area contributed by atoms with Gasteiger partial charge in [-0.15, -0.1) is 0 Å². The summed E-state index contributed by atoms with van der Waals surface area (Å²) in [7, 11) is 0. The minimum absolute atomic E-state index is 0.0405. The predicted molar refractivity (Wildman–Crippen MR) is 68.6 cm³/mol. The third kappa shape index (κ3) is 5.30. The summed E-state index contributed by atoms with van der Waals surface area (Å²) in [5.41, 5.74) is -0.371. The van der Waals surface area contributed by atoms with Gasteiger partial charge in [0.15, 0.2) is 0 Å². The largest absolute Gasteiger partial charge is 0.393 e. The zero-order valence-electron chi connectivity index (χ0n) is 9.61. The van der Waals surface area contributed by atoms with Crippen molar-refractivity contribution >= 4 is 21.8 Å². The van der Waals surface area contributed by atoms with E-state index in [2.05, 4.69) is 21.2 Å². The van der Waals surface area contributed by atoms with Crippen LogP contribution in [0.2, 0.25) is 0 Å². The van der Waals surface area contributed by atoms with E-state index in [1.54, 1.807) is 0 Å². The summed E-state index contributed by atoms with van der Waals surface area (Å²) in [5, 5.41) is 20.9. The van der Waals surface area contributed by atoms with E-state index in [0.717, 1.165) is 10.0 Å². The van der Waals surface area contributed by atoms with Crippen LogP contribution in [0.25, 0.3) is 0 Å². The summed E-state index contributed by atoms with van der Waals surface area (Å²) in [6, 6.07) is 7.45. The van der Waals surface area contributed by atoms with Gasteiger partial charge in [0.25, 0.3) is 0 Å². The standard InChI is InChI=1S/C12H16BrNO3/c1-12(17,8-15)7-14-11(16)6-9-2-4-10(13)5-3-9/h2-5,15,17H,6-8H2,1H3,(H,14,16). The molecule has 0 bridgehead atoms. The van der Waals surface area contributed by atoms with E-state index in [4.69, 9.17) is 5.11 Å². The van der Waals surface area contributed by atoms with Crippen molar-refractivity contribution in [3.05, 3.63) is 34.3 Å². The van der Waals surface area contributed by atoms with Crippen LogP contribution in [0, 0.1) is 0 Å². The van der Waals surface area contributed by atoms with Crippen molar-refractivity contribution in [1.29, 1.82) is 0 Å². The molecule has 1 rings (SSSR count). The fourth-order valence-electron chi connectivity index (χ4n) is 1.20. The van der Waals surface area contributed by atoms with Crippen molar-refractivity contribution < 1.29 is 15.0 Å². The monoisotopic (exact) mass is 301 g/mol. The van der Waals surface area contributed by atoms with Crippen molar-refractivity contribution in [2.45, 2.75) is 18.9 Å². The first-order valence-electron chi connectivity index (χ1n) is 5.27. The Bertz CT molecular complexity index is 376. The van der Waals surface area contributed by atoms with Gasteiger partial charge in [-0.2, -0.15) is 0 Å². The van der Waals surface area contributed by atoms with E-state index in [1.807, 2.05) is 24.3 Å². The molecule has 0 aliphatic rings. The van der Waals surface area contributed by atoms with Gasteiger partial charge in [-0.25, -0.2) is 0 Å². The van der Waals surface area contributed by atoms with Crippen LogP contribution >= 0.6 is 15.9 Å². The molecule has 0 aromatic heterocycles. The third-order valence-electron chi connectivity index (χ3n) is 2.28. The number of rotatable bonds is 5. The lowest BCUT2D eigenvalue weighted by molar-refractivity contribution is -0.121. The number of hydrogen-bond donors (Lipinski definition) is 3. The van der Waals surface area contributed by atoms with Gasteiger partial charge >= 0.3 is 0 Å². The normalized spacial score (nSPS) is 14.1. The van der Waals surface area contributed by atoms with E-state index in [9.17, 15) is 9.90 Å². The molecule has 0 radical (unpaired) electrons. The molecule has 5 heteroatoms. The van der Waals surface area contributed by atoms with E-state index < -0.39 is 5.60 Å². The van der Waals surface area contributed by atoms with Crippen LogP contribution in [0.3, 0.4) is 0 Å². The van der Waals surface area contributed by atoms with Crippen molar-refractivity contribution in [2.75, 3.05) is 13.2 Å².